The molecule has 0 amide bonds. The molecule has 0 unspecified atom stereocenters. The highest BCUT2D eigenvalue weighted by Gasteiger charge is 1.96. The zero-order valence-electron chi connectivity index (χ0n) is 9.97. The van der Waals surface area contributed by atoms with E-state index >= 15 is 0 Å². The van der Waals surface area contributed by atoms with E-state index in [2.05, 4.69) is 10.3 Å². The largest absolute Gasteiger partial charge is 0.380 e. The first-order valence-corrected chi connectivity index (χ1v) is 5.47. The summed E-state index contributed by atoms with van der Waals surface area (Å²) in [5, 5.41) is 3.25. The van der Waals surface area contributed by atoms with Crippen LogP contribution in [0.15, 0.2) is 41.5 Å². The van der Waals surface area contributed by atoms with E-state index in [0.717, 1.165) is 16.9 Å². The second kappa shape index (κ2) is 4.82. The van der Waals surface area contributed by atoms with E-state index in [0.29, 0.717) is 6.54 Å². The van der Waals surface area contributed by atoms with Crippen LogP contribution < -0.4 is 10.9 Å². The molecule has 0 aliphatic rings. The topological polar surface area (TPSA) is 46.9 Å². The van der Waals surface area contributed by atoms with E-state index < -0.39 is 0 Å². The molecule has 0 fully saturated rings. The van der Waals surface area contributed by atoms with Crippen molar-refractivity contribution in [1.82, 2.24) is 9.55 Å². The van der Waals surface area contributed by atoms with Crippen LogP contribution >= 0.6 is 0 Å². The number of aromatic nitrogens is 2. The van der Waals surface area contributed by atoms with Gasteiger partial charge in [-0.2, -0.15) is 0 Å². The van der Waals surface area contributed by atoms with Gasteiger partial charge >= 0.3 is 0 Å². The van der Waals surface area contributed by atoms with Gasteiger partial charge in [-0.1, -0.05) is 6.07 Å². The maximum absolute atomic E-state index is 11.2. The maximum Gasteiger partial charge on any atom is 0.250 e. The summed E-state index contributed by atoms with van der Waals surface area (Å²) >= 11 is 0. The Kier molecular flexibility index (Phi) is 3.23. The number of aryl methyl sites for hydroxylation is 2. The fraction of sp³-hybridized carbons (Fsp3) is 0.231. The molecule has 2 aromatic heterocycles. The van der Waals surface area contributed by atoms with E-state index in [1.807, 2.05) is 25.3 Å². The molecular formula is C13H15N3O. The molecule has 0 spiro atoms. The summed E-state index contributed by atoms with van der Waals surface area (Å²) in [6.07, 6.45) is 3.63. The van der Waals surface area contributed by atoms with Crippen molar-refractivity contribution in [2.45, 2.75) is 13.5 Å². The molecule has 17 heavy (non-hydrogen) atoms. The van der Waals surface area contributed by atoms with Gasteiger partial charge in [-0.15, -0.1) is 0 Å². The third kappa shape index (κ3) is 2.93. The Morgan fingerprint density at radius 3 is 2.76 bits per heavy atom. The van der Waals surface area contributed by atoms with Gasteiger partial charge in [0.25, 0.3) is 0 Å². The lowest BCUT2D eigenvalue weighted by atomic mass is 10.2. The first kappa shape index (κ1) is 11.4. The summed E-state index contributed by atoms with van der Waals surface area (Å²) in [5.41, 5.74) is 3.04. The normalized spacial score (nSPS) is 10.2. The number of hydrogen-bond acceptors (Lipinski definition) is 3. The Morgan fingerprint density at radius 1 is 1.29 bits per heavy atom. The third-order valence-electron chi connectivity index (χ3n) is 2.56. The average Bonchev–Trinajstić information content (AvgIpc) is 2.33. The quantitative estimate of drug-likeness (QED) is 0.871. The standard InChI is InChI=1S/C13H15N3O/c1-10-3-4-11(7-14-10)8-15-12-5-6-13(17)16(2)9-12/h3-7,9,15H,8H2,1-2H3. The van der Waals surface area contributed by atoms with E-state index in [1.165, 1.54) is 0 Å². The molecule has 2 rings (SSSR count). The highest BCUT2D eigenvalue weighted by Crippen LogP contribution is 2.06. The van der Waals surface area contributed by atoms with Gasteiger partial charge in [0.15, 0.2) is 0 Å². The van der Waals surface area contributed by atoms with Crippen molar-refractivity contribution >= 4 is 5.69 Å². The smallest absolute Gasteiger partial charge is 0.250 e. The highest BCUT2D eigenvalue weighted by atomic mass is 16.1. The van der Waals surface area contributed by atoms with Gasteiger partial charge in [0.1, 0.15) is 0 Å². The lowest BCUT2D eigenvalue weighted by Gasteiger charge is -2.07. The molecule has 0 bridgehead atoms. The summed E-state index contributed by atoms with van der Waals surface area (Å²) in [6.45, 7) is 2.66. The van der Waals surface area contributed by atoms with Gasteiger partial charge in [-0.25, -0.2) is 0 Å². The van der Waals surface area contributed by atoms with Crippen LogP contribution in [0, 0.1) is 6.92 Å². The van der Waals surface area contributed by atoms with Crippen molar-refractivity contribution in [2.24, 2.45) is 7.05 Å². The van der Waals surface area contributed by atoms with Gasteiger partial charge in [0, 0.05) is 37.7 Å². The van der Waals surface area contributed by atoms with Crippen LogP contribution in [0.2, 0.25) is 0 Å². The first-order chi connectivity index (χ1) is 8.15. The van der Waals surface area contributed by atoms with E-state index in [1.54, 1.807) is 29.9 Å². The predicted octanol–water partition coefficient (Wildman–Crippen LogP) is 1.70. The SMILES string of the molecule is Cc1ccc(CNc2ccc(=O)n(C)c2)cn1. The van der Waals surface area contributed by atoms with Crippen LogP contribution in [0.3, 0.4) is 0 Å². The second-order valence-electron chi connectivity index (χ2n) is 4.03. The number of rotatable bonds is 3. The summed E-state index contributed by atoms with van der Waals surface area (Å²) in [4.78, 5) is 15.4. The van der Waals surface area contributed by atoms with Crippen LogP contribution in [0.4, 0.5) is 5.69 Å². The Balaban J connectivity index is 2.04. The first-order valence-electron chi connectivity index (χ1n) is 5.47. The van der Waals surface area contributed by atoms with Crippen molar-refractivity contribution in [3.63, 3.8) is 0 Å². The van der Waals surface area contributed by atoms with Crippen molar-refractivity contribution < 1.29 is 0 Å². The third-order valence-corrected chi connectivity index (χ3v) is 2.56. The Hall–Kier alpha value is -2.10. The molecule has 4 heteroatoms. The zero-order valence-corrected chi connectivity index (χ0v) is 9.97. The Bertz CT molecular complexity index is 558. The minimum absolute atomic E-state index is 0.00690. The summed E-state index contributed by atoms with van der Waals surface area (Å²) in [7, 11) is 1.74. The molecule has 1 N–H and O–H groups in total. The number of anilines is 1. The van der Waals surface area contributed by atoms with Crippen LogP contribution in [-0.4, -0.2) is 9.55 Å². The van der Waals surface area contributed by atoms with Crippen LogP contribution in [0.1, 0.15) is 11.3 Å². The van der Waals surface area contributed by atoms with Gasteiger partial charge in [-0.3, -0.25) is 9.78 Å². The van der Waals surface area contributed by atoms with Crippen LogP contribution in [-0.2, 0) is 13.6 Å². The molecule has 2 aromatic rings. The lowest BCUT2D eigenvalue weighted by Crippen LogP contribution is -2.15. The minimum Gasteiger partial charge on any atom is -0.380 e. The molecule has 0 radical (unpaired) electrons. The maximum atomic E-state index is 11.2. The fourth-order valence-corrected chi connectivity index (χ4v) is 1.51. The number of hydrogen-bond donors (Lipinski definition) is 1. The lowest BCUT2D eigenvalue weighted by molar-refractivity contribution is 0.859. The van der Waals surface area contributed by atoms with E-state index in [-0.39, 0.29) is 5.56 Å². The Labute approximate surface area is 99.9 Å². The number of nitrogens with one attached hydrogen (secondary N) is 1. The average molecular weight is 229 g/mol. The number of pyridine rings is 2. The van der Waals surface area contributed by atoms with Crippen molar-refractivity contribution in [2.75, 3.05) is 5.32 Å². The van der Waals surface area contributed by atoms with Gasteiger partial charge in [0.2, 0.25) is 5.56 Å². The van der Waals surface area contributed by atoms with Crippen LogP contribution in [0.5, 0.6) is 0 Å². The van der Waals surface area contributed by atoms with Crippen molar-refractivity contribution in [3.05, 3.63) is 58.3 Å². The molecule has 0 atom stereocenters. The number of nitrogens with zero attached hydrogens (tertiary/aromatic N) is 2. The molecule has 0 aliphatic heterocycles. The minimum atomic E-state index is -0.00690. The predicted molar refractivity (Wildman–Crippen MR) is 68.0 cm³/mol. The molecule has 0 saturated carbocycles. The van der Waals surface area contributed by atoms with E-state index in [4.69, 9.17) is 0 Å². The summed E-state index contributed by atoms with van der Waals surface area (Å²) in [5.74, 6) is 0. The molecular weight excluding hydrogens is 214 g/mol. The van der Waals surface area contributed by atoms with Gasteiger partial charge in [0.05, 0.1) is 5.69 Å². The van der Waals surface area contributed by atoms with Crippen LogP contribution in [0.25, 0.3) is 0 Å². The monoisotopic (exact) mass is 229 g/mol. The summed E-state index contributed by atoms with van der Waals surface area (Å²) in [6, 6.07) is 7.36. The highest BCUT2D eigenvalue weighted by molar-refractivity contribution is 5.40. The molecule has 2 heterocycles. The molecule has 0 saturated heterocycles. The van der Waals surface area contributed by atoms with Crippen molar-refractivity contribution in [3.8, 4) is 0 Å². The molecule has 0 aliphatic carbocycles. The molecule has 0 aromatic carbocycles. The second-order valence-corrected chi connectivity index (χ2v) is 4.03. The van der Waals surface area contributed by atoms with Gasteiger partial charge < -0.3 is 9.88 Å². The molecule has 88 valence electrons. The zero-order chi connectivity index (χ0) is 12.3. The summed E-state index contributed by atoms with van der Waals surface area (Å²) < 4.78 is 1.55. The Morgan fingerprint density at radius 2 is 2.12 bits per heavy atom. The fourth-order valence-electron chi connectivity index (χ4n) is 1.51. The van der Waals surface area contributed by atoms with Gasteiger partial charge in [-0.05, 0) is 24.6 Å². The van der Waals surface area contributed by atoms with Crippen molar-refractivity contribution in [1.29, 1.82) is 0 Å². The molecule has 4 nitrogen and oxygen atoms in total. The van der Waals surface area contributed by atoms with E-state index in [9.17, 15) is 4.79 Å².